The van der Waals surface area contributed by atoms with Gasteiger partial charge in [0.2, 0.25) is 5.91 Å². The Labute approximate surface area is 123 Å². The molecule has 0 aromatic heterocycles. The van der Waals surface area contributed by atoms with Gasteiger partial charge in [0.15, 0.2) is 0 Å². The molecule has 2 unspecified atom stereocenters. The van der Waals surface area contributed by atoms with Gasteiger partial charge in [-0.3, -0.25) is 9.59 Å². The summed E-state index contributed by atoms with van der Waals surface area (Å²) in [4.78, 5) is 25.1. The minimum absolute atomic E-state index is 0.137. The highest BCUT2D eigenvalue weighted by Crippen LogP contribution is 2.59. The third-order valence-corrected chi connectivity index (χ3v) is 4.47. The van der Waals surface area contributed by atoms with E-state index in [9.17, 15) is 9.59 Å². The summed E-state index contributed by atoms with van der Waals surface area (Å²) in [6.07, 6.45) is 0. The van der Waals surface area contributed by atoms with E-state index in [-0.39, 0.29) is 5.91 Å². The molecule has 5 heteroatoms. The Balaban J connectivity index is 2.08. The predicted molar refractivity (Wildman–Crippen MR) is 76.3 cm³/mol. The molecule has 1 amide bonds. The van der Waals surface area contributed by atoms with Gasteiger partial charge in [-0.1, -0.05) is 43.6 Å². The van der Waals surface area contributed by atoms with Gasteiger partial charge in [-0.25, -0.2) is 0 Å². The third kappa shape index (κ3) is 2.52. The average Bonchev–Trinajstić information content (AvgIpc) is 2.94. The molecule has 0 saturated heterocycles. The minimum Gasteiger partial charge on any atom is -0.481 e. The largest absolute Gasteiger partial charge is 0.481 e. The highest BCUT2D eigenvalue weighted by atomic mass is 35.5. The zero-order valence-electron chi connectivity index (χ0n) is 11.8. The van der Waals surface area contributed by atoms with Crippen molar-refractivity contribution in [2.24, 2.45) is 17.3 Å². The van der Waals surface area contributed by atoms with Crippen LogP contribution in [0.4, 0.5) is 0 Å². The molecule has 108 valence electrons. The molecule has 1 aliphatic rings. The summed E-state index contributed by atoms with van der Waals surface area (Å²) in [5.41, 5.74) is 0.382. The number of carboxylic acid groups (broad SMARTS) is 1. The van der Waals surface area contributed by atoms with Crippen molar-refractivity contribution in [3.05, 3.63) is 34.9 Å². The third-order valence-electron chi connectivity index (χ3n) is 4.10. The zero-order valence-corrected chi connectivity index (χ0v) is 12.5. The normalized spacial score (nSPS) is 23.2. The molecule has 0 bridgehead atoms. The lowest BCUT2D eigenvalue weighted by molar-refractivity contribution is -0.141. The number of nitrogens with zero attached hydrogens (tertiary/aromatic N) is 1. The lowest BCUT2D eigenvalue weighted by Gasteiger charge is -2.18. The summed E-state index contributed by atoms with van der Waals surface area (Å²) >= 11 is 6.07. The second kappa shape index (κ2) is 5.09. The molecule has 0 heterocycles. The summed E-state index contributed by atoms with van der Waals surface area (Å²) < 4.78 is 0. The van der Waals surface area contributed by atoms with E-state index in [1.165, 1.54) is 0 Å². The molecule has 0 spiro atoms. The number of carbonyl (C=O) groups excluding carboxylic acids is 1. The molecule has 1 fully saturated rings. The SMILES string of the molecule is CN(Cc1ccccc1Cl)C(=O)C1C(C(=O)O)C1(C)C. The Morgan fingerprint density at radius 3 is 2.40 bits per heavy atom. The summed E-state index contributed by atoms with van der Waals surface area (Å²) in [7, 11) is 1.68. The van der Waals surface area contributed by atoms with E-state index in [4.69, 9.17) is 16.7 Å². The van der Waals surface area contributed by atoms with Gasteiger partial charge in [0.05, 0.1) is 11.8 Å². The second-order valence-corrected chi connectivity index (χ2v) is 6.31. The van der Waals surface area contributed by atoms with Gasteiger partial charge in [-0.15, -0.1) is 0 Å². The van der Waals surface area contributed by atoms with Crippen LogP contribution in [-0.2, 0) is 16.1 Å². The Hall–Kier alpha value is -1.55. The van der Waals surface area contributed by atoms with E-state index in [1.807, 2.05) is 32.0 Å². The van der Waals surface area contributed by atoms with Gasteiger partial charge in [0, 0.05) is 18.6 Å². The van der Waals surface area contributed by atoms with Gasteiger partial charge in [-0.2, -0.15) is 0 Å². The molecule has 1 aromatic carbocycles. The molecular formula is C15H18ClNO3. The standard InChI is InChI=1S/C15H18ClNO3/c1-15(2)11(12(15)14(19)20)13(18)17(3)8-9-6-4-5-7-10(9)16/h4-7,11-12H,8H2,1-3H3,(H,19,20). The van der Waals surface area contributed by atoms with E-state index in [0.717, 1.165) is 5.56 Å². The van der Waals surface area contributed by atoms with E-state index in [1.54, 1.807) is 18.0 Å². The molecule has 20 heavy (non-hydrogen) atoms. The van der Waals surface area contributed by atoms with Crippen molar-refractivity contribution in [3.8, 4) is 0 Å². The molecule has 4 nitrogen and oxygen atoms in total. The highest BCUT2D eigenvalue weighted by Gasteiger charge is 2.66. The Kier molecular flexibility index (Phi) is 3.78. The van der Waals surface area contributed by atoms with Gasteiger partial charge >= 0.3 is 5.97 Å². The molecule has 0 aliphatic heterocycles. The summed E-state index contributed by atoms with van der Waals surface area (Å²) in [5, 5.41) is 9.74. The average molecular weight is 296 g/mol. The van der Waals surface area contributed by atoms with Crippen molar-refractivity contribution in [2.75, 3.05) is 7.05 Å². The number of aliphatic carboxylic acids is 1. The first-order chi connectivity index (χ1) is 9.26. The van der Waals surface area contributed by atoms with Crippen molar-refractivity contribution in [1.29, 1.82) is 0 Å². The van der Waals surface area contributed by atoms with E-state index >= 15 is 0 Å². The maximum absolute atomic E-state index is 12.4. The fourth-order valence-electron chi connectivity index (χ4n) is 2.76. The first-order valence-corrected chi connectivity index (χ1v) is 6.85. The van der Waals surface area contributed by atoms with Crippen molar-refractivity contribution in [2.45, 2.75) is 20.4 Å². The van der Waals surface area contributed by atoms with Gasteiger partial charge < -0.3 is 10.0 Å². The van der Waals surface area contributed by atoms with Crippen molar-refractivity contribution in [3.63, 3.8) is 0 Å². The Morgan fingerprint density at radius 1 is 1.30 bits per heavy atom. The maximum Gasteiger partial charge on any atom is 0.307 e. The summed E-state index contributed by atoms with van der Waals surface area (Å²) in [6.45, 7) is 4.02. The van der Waals surface area contributed by atoms with Crippen LogP contribution >= 0.6 is 11.6 Å². The molecule has 2 atom stereocenters. The van der Waals surface area contributed by atoms with Crippen LogP contribution in [-0.4, -0.2) is 28.9 Å². The van der Waals surface area contributed by atoms with Crippen molar-refractivity contribution >= 4 is 23.5 Å². The van der Waals surface area contributed by atoms with Crippen LogP contribution in [0.15, 0.2) is 24.3 Å². The van der Waals surface area contributed by atoms with Gasteiger partial charge in [0.1, 0.15) is 0 Å². The molecule has 0 radical (unpaired) electrons. The molecular weight excluding hydrogens is 278 g/mol. The van der Waals surface area contributed by atoms with Gasteiger partial charge in [0.25, 0.3) is 0 Å². The van der Waals surface area contributed by atoms with Crippen LogP contribution in [0.25, 0.3) is 0 Å². The monoisotopic (exact) mass is 295 g/mol. The van der Waals surface area contributed by atoms with E-state index in [0.29, 0.717) is 11.6 Å². The number of hydrogen-bond donors (Lipinski definition) is 1. The Bertz CT molecular complexity index is 556. The lowest BCUT2D eigenvalue weighted by atomic mass is 10.1. The fraction of sp³-hybridized carbons (Fsp3) is 0.467. The first kappa shape index (κ1) is 14.9. The Morgan fingerprint density at radius 2 is 1.90 bits per heavy atom. The second-order valence-electron chi connectivity index (χ2n) is 5.90. The van der Waals surface area contributed by atoms with Gasteiger partial charge in [-0.05, 0) is 17.0 Å². The summed E-state index contributed by atoms with van der Waals surface area (Å²) in [5.74, 6) is -2.09. The first-order valence-electron chi connectivity index (χ1n) is 6.48. The van der Waals surface area contributed by atoms with Crippen LogP contribution in [0.5, 0.6) is 0 Å². The topological polar surface area (TPSA) is 57.6 Å². The van der Waals surface area contributed by atoms with E-state index < -0.39 is 23.2 Å². The molecule has 1 saturated carbocycles. The highest BCUT2D eigenvalue weighted by molar-refractivity contribution is 6.31. The molecule has 1 aromatic rings. The number of amides is 1. The summed E-state index contributed by atoms with van der Waals surface area (Å²) in [6, 6.07) is 7.33. The maximum atomic E-state index is 12.4. The van der Waals surface area contributed by atoms with Crippen LogP contribution in [0.3, 0.4) is 0 Å². The fourth-order valence-corrected chi connectivity index (χ4v) is 2.95. The number of halogens is 1. The van der Waals surface area contributed by atoms with E-state index in [2.05, 4.69) is 0 Å². The lowest BCUT2D eigenvalue weighted by Crippen LogP contribution is -2.29. The molecule has 1 aliphatic carbocycles. The van der Waals surface area contributed by atoms with Crippen LogP contribution < -0.4 is 0 Å². The smallest absolute Gasteiger partial charge is 0.307 e. The number of rotatable bonds is 4. The number of carbonyl (C=O) groups is 2. The predicted octanol–water partition coefficient (Wildman–Crippen LogP) is 2.66. The molecule has 1 N–H and O–H groups in total. The van der Waals surface area contributed by atoms with Crippen LogP contribution in [0, 0.1) is 17.3 Å². The number of hydrogen-bond acceptors (Lipinski definition) is 2. The molecule has 2 rings (SSSR count). The van der Waals surface area contributed by atoms with Crippen molar-refractivity contribution in [1.82, 2.24) is 4.90 Å². The zero-order chi connectivity index (χ0) is 15.1. The minimum atomic E-state index is -0.903. The number of carboxylic acids is 1. The quantitative estimate of drug-likeness (QED) is 0.929. The van der Waals surface area contributed by atoms with Crippen LogP contribution in [0.2, 0.25) is 5.02 Å². The van der Waals surface area contributed by atoms with Crippen LogP contribution in [0.1, 0.15) is 19.4 Å². The number of benzene rings is 1. The van der Waals surface area contributed by atoms with Crippen molar-refractivity contribution < 1.29 is 14.7 Å².